The van der Waals surface area contributed by atoms with Crippen molar-refractivity contribution < 1.29 is 13.9 Å². The number of rotatable bonds is 1. The van der Waals surface area contributed by atoms with Gasteiger partial charge in [0, 0.05) is 12.7 Å². The number of morpholine rings is 1. The van der Waals surface area contributed by atoms with Crippen molar-refractivity contribution in [1.29, 1.82) is 0 Å². The quantitative estimate of drug-likeness (QED) is 0.812. The van der Waals surface area contributed by atoms with Crippen LogP contribution in [0.5, 0.6) is 0 Å². The van der Waals surface area contributed by atoms with E-state index in [9.17, 15) is 9.18 Å². The van der Waals surface area contributed by atoms with E-state index in [0.29, 0.717) is 25.3 Å². The smallest absolute Gasteiger partial charge is 0.277 e. The summed E-state index contributed by atoms with van der Waals surface area (Å²) in [6.45, 7) is 3.43. The minimum atomic E-state index is -0.583. The molecule has 0 aromatic carbocycles. The molecule has 1 saturated carbocycles. The van der Waals surface area contributed by atoms with Crippen molar-refractivity contribution in [2.75, 3.05) is 19.7 Å². The number of carbonyl (C=O) groups excluding carboxylic acids is 1. The summed E-state index contributed by atoms with van der Waals surface area (Å²) >= 11 is 0. The van der Waals surface area contributed by atoms with Crippen LogP contribution in [0.3, 0.4) is 0 Å². The van der Waals surface area contributed by atoms with Crippen molar-refractivity contribution in [2.45, 2.75) is 38.2 Å². The number of aromatic nitrogens is 2. The molecule has 4 rings (SSSR count). The van der Waals surface area contributed by atoms with E-state index in [2.05, 4.69) is 4.98 Å². The minimum Gasteiger partial charge on any atom is -0.371 e. The van der Waals surface area contributed by atoms with Crippen LogP contribution in [0.15, 0.2) is 18.3 Å². The molecule has 6 heteroatoms. The van der Waals surface area contributed by atoms with Gasteiger partial charge in [0.1, 0.15) is 5.65 Å². The van der Waals surface area contributed by atoms with Gasteiger partial charge in [-0.15, -0.1) is 0 Å². The summed E-state index contributed by atoms with van der Waals surface area (Å²) in [6, 6.07) is 3.59. The molecule has 1 amide bonds. The van der Waals surface area contributed by atoms with Crippen LogP contribution >= 0.6 is 0 Å². The lowest BCUT2D eigenvalue weighted by molar-refractivity contribution is -0.0949. The first kappa shape index (κ1) is 14.6. The van der Waals surface area contributed by atoms with Crippen LogP contribution in [-0.2, 0) is 4.74 Å². The Kier molecular flexibility index (Phi) is 3.37. The van der Waals surface area contributed by atoms with Crippen LogP contribution in [0.2, 0.25) is 0 Å². The Hall–Kier alpha value is -1.95. The summed E-state index contributed by atoms with van der Waals surface area (Å²) in [5.41, 5.74) is 1.06. The van der Waals surface area contributed by atoms with Crippen LogP contribution in [0.1, 0.15) is 41.7 Å². The topological polar surface area (TPSA) is 46.8 Å². The van der Waals surface area contributed by atoms with E-state index in [-0.39, 0.29) is 17.2 Å². The molecule has 0 unspecified atom stereocenters. The number of halogens is 1. The third kappa shape index (κ3) is 2.41. The van der Waals surface area contributed by atoms with Gasteiger partial charge in [0.15, 0.2) is 5.69 Å². The van der Waals surface area contributed by atoms with Gasteiger partial charge in [0.2, 0.25) is 5.95 Å². The average Bonchev–Trinajstić information content (AvgIpc) is 3.12. The molecule has 0 radical (unpaired) electrons. The zero-order valence-electron chi connectivity index (χ0n) is 13.2. The summed E-state index contributed by atoms with van der Waals surface area (Å²) in [6.07, 6.45) is 5.87. The maximum atomic E-state index is 14.6. The number of ether oxygens (including phenoxy) is 1. The van der Waals surface area contributed by atoms with Gasteiger partial charge in [0.05, 0.1) is 18.8 Å². The Morgan fingerprint density at radius 1 is 1.35 bits per heavy atom. The van der Waals surface area contributed by atoms with E-state index >= 15 is 0 Å². The standard InChI is InChI=1S/C17H20FN3O2/c1-12-4-5-13-19-14(15(18)21(13)10-12)16(22)20-8-9-23-17(11-20)6-2-3-7-17/h4-5,10H,2-3,6-9,11H2,1H3. The average molecular weight is 317 g/mol. The molecule has 1 aliphatic carbocycles. The summed E-state index contributed by atoms with van der Waals surface area (Å²) in [4.78, 5) is 18.7. The van der Waals surface area contributed by atoms with E-state index in [0.717, 1.165) is 31.2 Å². The maximum absolute atomic E-state index is 14.6. The van der Waals surface area contributed by atoms with E-state index in [4.69, 9.17) is 4.74 Å². The van der Waals surface area contributed by atoms with Crippen LogP contribution < -0.4 is 0 Å². The minimum absolute atomic E-state index is 0.0920. The number of hydrogen-bond donors (Lipinski definition) is 0. The Morgan fingerprint density at radius 3 is 2.91 bits per heavy atom. The molecule has 1 spiro atoms. The van der Waals surface area contributed by atoms with Gasteiger partial charge in [-0.25, -0.2) is 4.98 Å². The van der Waals surface area contributed by atoms with Crippen molar-refractivity contribution in [2.24, 2.45) is 0 Å². The monoisotopic (exact) mass is 317 g/mol. The van der Waals surface area contributed by atoms with Gasteiger partial charge in [-0.2, -0.15) is 4.39 Å². The predicted molar refractivity (Wildman–Crippen MR) is 82.9 cm³/mol. The van der Waals surface area contributed by atoms with Crippen molar-refractivity contribution in [1.82, 2.24) is 14.3 Å². The van der Waals surface area contributed by atoms with Crippen LogP contribution in [0, 0.1) is 12.9 Å². The van der Waals surface area contributed by atoms with Crippen molar-refractivity contribution in [3.63, 3.8) is 0 Å². The second kappa shape index (κ2) is 5.30. The van der Waals surface area contributed by atoms with Crippen molar-refractivity contribution >= 4 is 11.6 Å². The first-order chi connectivity index (χ1) is 11.1. The Balaban J connectivity index is 1.65. The van der Waals surface area contributed by atoms with Crippen LogP contribution in [0.4, 0.5) is 4.39 Å². The number of pyridine rings is 1. The Morgan fingerprint density at radius 2 is 2.13 bits per heavy atom. The third-order valence-corrected chi connectivity index (χ3v) is 4.96. The molecule has 2 aromatic heterocycles. The van der Waals surface area contributed by atoms with Crippen molar-refractivity contribution in [3.05, 3.63) is 35.5 Å². The lowest BCUT2D eigenvalue weighted by Crippen LogP contribution is -2.52. The Bertz CT molecular complexity index is 765. The lowest BCUT2D eigenvalue weighted by atomic mass is 9.99. The molecular formula is C17H20FN3O2. The van der Waals surface area contributed by atoms with Gasteiger partial charge < -0.3 is 9.64 Å². The summed E-state index contributed by atoms with van der Waals surface area (Å²) in [5, 5.41) is 0. The second-order valence-corrected chi connectivity index (χ2v) is 6.65. The predicted octanol–water partition coefficient (Wildman–Crippen LogP) is 2.57. The molecule has 3 heterocycles. The number of amides is 1. The number of nitrogens with zero attached hydrogens (tertiary/aromatic N) is 3. The first-order valence-electron chi connectivity index (χ1n) is 8.15. The molecule has 0 bridgehead atoms. The van der Waals surface area contributed by atoms with E-state index in [1.54, 1.807) is 17.2 Å². The fraction of sp³-hybridized carbons (Fsp3) is 0.529. The van der Waals surface area contributed by atoms with E-state index in [1.807, 2.05) is 13.0 Å². The molecular weight excluding hydrogens is 297 g/mol. The first-order valence-corrected chi connectivity index (χ1v) is 8.15. The molecule has 2 aliphatic rings. The lowest BCUT2D eigenvalue weighted by Gasteiger charge is -2.40. The molecule has 1 aliphatic heterocycles. The van der Waals surface area contributed by atoms with Crippen LogP contribution in [-0.4, -0.2) is 45.5 Å². The summed E-state index contributed by atoms with van der Waals surface area (Å²) in [5.74, 6) is -0.918. The van der Waals surface area contributed by atoms with Crippen LogP contribution in [0.25, 0.3) is 5.65 Å². The summed E-state index contributed by atoms with van der Waals surface area (Å²) in [7, 11) is 0. The highest BCUT2D eigenvalue weighted by Gasteiger charge is 2.41. The van der Waals surface area contributed by atoms with Crippen molar-refractivity contribution in [3.8, 4) is 0 Å². The highest BCUT2D eigenvalue weighted by atomic mass is 19.1. The number of hydrogen-bond acceptors (Lipinski definition) is 3. The van der Waals surface area contributed by atoms with Gasteiger partial charge in [-0.3, -0.25) is 9.20 Å². The van der Waals surface area contributed by atoms with E-state index in [1.165, 1.54) is 4.40 Å². The van der Waals surface area contributed by atoms with E-state index < -0.39 is 5.95 Å². The molecule has 2 fully saturated rings. The number of carbonyl (C=O) groups is 1. The number of imidazole rings is 1. The SMILES string of the molecule is Cc1ccc2nc(C(=O)N3CCOC4(CCCC4)C3)c(F)n2c1. The summed E-state index contributed by atoms with van der Waals surface area (Å²) < 4.78 is 21.9. The van der Waals surface area contributed by atoms with Gasteiger partial charge in [-0.1, -0.05) is 18.9 Å². The second-order valence-electron chi connectivity index (χ2n) is 6.65. The fourth-order valence-corrected chi connectivity index (χ4v) is 3.75. The Labute approximate surface area is 134 Å². The molecule has 2 aromatic rings. The normalized spacial score (nSPS) is 20.5. The molecule has 1 saturated heterocycles. The molecule has 122 valence electrons. The number of fused-ring (bicyclic) bond motifs is 1. The molecule has 5 nitrogen and oxygen atoms in total. The largest absolute Gasteiger partial charge is 0.371 e. The van der Waals surface area contributed by atoms with Gasteiger partial charge in [0.25, 0.3) is 5.91 Å². The molecule has 0 atom stereocenters. The fourth-order valence-electron chi connectivity index (χ4n) is 3.75. The highest BCUT2D eigenvalue weighted by Crippen LogP contribution is 2.36. The van der Waals surface area contributed by atoms with Gasteiger partial charge >= 0.3 is 0 Å². The molecule has 23 heavy (non-hydrogen) atoms. The maximum Gasteiger partial charge on any atom is 0.277 e. The zero-order chi connectivity index (χ0) is 16.0. The highest BCUT2D eigenvalue weighted by molar-refractivity contribution is 5.93. The molecule has 0 N–H and O–H groups in total. The zero-order valence-corrected chi connectivity index (χ0v) is 13.2. The third-order valence-electron chi connectivity index (χ3n) is 4.96. The number of aryl methyl sites for hydroxylation is 1. The van der Waals surface area contributed by atoms with Gasteiger partial charge in [-0.05, 0) is 31.4 Å².